The van der Waals surface area contributed by atoms with E-state index in [-0.39, 0.29) is 5.56 Å². The van der Waals surface area contributed by atoms with E-state index in [9.17, 15) is 9.59 Å². The number of hydrogen-bond donors (Lipinski definition) is 2. The van der Waals surface area contributed by atoms with E-state index in [1.807, 2.05) is 0 Å². The molecule has 0 aliphatic carbocycles. The van der Waals surface area contributed by atoms with Crippen LogP contribution < -0.4 is 10.1 Å². The maximum absolute atomic E-state index is 11.7. The minimum Gasteiger partial charge on any atom is -0.494 e. The second kappa shape index (κ2) is 5.11. The summed E-state index contributed by atoms with van der Waals surface area (Å²) in [5.74, 6) is -1.30. The predicted octanol–water partition coefficient (Wildman–Crippen LogP) is 0.293. The van der Waals surface area contributed by atoms with E-state index in [2.05, 4.69) is 10.3 Å². The van der Waals surface area contributed by atoms with Gasteiger partial charge in [-0.3, -0.25) is 14.6 Å². The second-order valence-corrected chi connectivity index (χ2v) is 3.11. The summed E-state index contributed by atoms with van der Waals surface area (Å²) in [6.07, 6.45) is 2.82. The van der Waals surface area contributed by atoms with Gasteiger partial charge in [-0.05, 0) is 13.0 Å². The summed E-state index contributed by atoms with van der Waals surface area (Å²) in [6.45, 7) is 1.38. The number of nitrogens with one attached hydrogen (secondary N) is 1. The molecule has 1 amide bonds. The number of methoxy groups -OCH3 is 1. The molecule has 16 heavy (non-hydrogen) atoms. The van der Waals surface area contributed by atoms with E-state index in [0.29, 0.717) is 5.75 Å². The van der Waals surface area contributed by atoms with Gasteiger partial charge in [-0.15, -0.1) is 0 Å². The summed E-state index contributed by atoms with van der Waals surface area (Å²) in [5, 5.41) is 11.0. The Labute approximate surface area is 92.3 Å². The molecular formula is C10H12N2O4. The van der Waals surface area contributed by atoms with Gasteiger partial charge < -0.3 is 15.2 Å². The van der Waals surface area contributed by atoms with Crippen LogP contribution in [0.2, 0.25) is 0 Å². The number of aliphatic carboxylic acids is 1. The van der Waals surface area contributed by atoms with Gasteiger partial charge in [-0.1, -0.05) is 0 Å². The number of amides is 1. The molecule has 1 unspecified atom stereocenters. The first-order chi connectivity index (χ1) is 7.56. The Bertz CT molecular complexity index is 406. The van der Waals surface area contributed by atoms with Crippen molar-refractivity contribution in [2.45, 2.75) is 13.0 Å². The fraction of sp³-hybridized carbons (Fsp3) is 0.300. The SMILES string of the molecule is COc1cnccc1C(=O)NC(C)C(=O)O. The van der Waals surface area contributed by atoms with Gasteiger partial charge in [0, 0.05) is 6.20 Å². The summed E-state index contributed by atoms with van der Waals surface area (Å²) >= 11 is 0. The van der Waals surface area contributed by atoms with Crippen molar-refractivity contribution in [3.8, 4) is 5.75 Å². The quantitative estimate of drug-likeness (QED) is 0.767. The average molecular weight is 224 g/mol. The molecule has 0 aromatic carbocycles. The lowest BCUT2D eigenvalue weighted by atomic mass is 10.2. The number of ether oxygens (including phenoxy) is 1. The normalized spacial score (nSPS) is 11.6. The van der Waals surface area contributed by atoms with Crippen LogP contribution in [0.5, 0.6) is 5.75 Å². The molecule has 1 aromatic heterocycles. The van der Waals surface area contributed by atoms with Crippen molar-refractivity contribution in [2.24, 2.45) is 0 Å². The first kappa shape index (κ1) is 12.0. The third-order valence-corrected chi connectivity index (χ3v) is 1.97. The van der Waals surface area contributed by atoms with Crippen LogP contribution in [0.15, 0.2) is 18.5 Å². The number of rotatable bonds is 4. The Morgan fingerprint density at radius 1 is 1.56 bits per heavy atom. The molecule has 1 rings (SSSR count). The number of carboxylic acid groups (broad SMARTS) is 1. The summed E-state index contributed by atoms with van der Waals surface area (Å²) in [4.78, 5) is 26.0. The Morgan fingerprint density at radius 3 is 2.81 bits per heavy atom. The highest BCUT2D eigenvalue weighted by Crippen LogP contribution is 2.15. The summed E-state index contributed by atoms with van der Waals surface area (Å²) < 4.78 is 4.94. The summed E-state index contributed by atoms with van der Waals surface area (Å²) in [5.41, 5.74) is 0.255. The zero-order chi connectivity index (χ0) is 12.1. The fourth-order valence-corrected chi connectivity index (χ4v) is 1.07. The van der Waals surface area contributed by atoms with Gasteiger partial charge in [0.15, 0.2) is 0 Å². The maximum atomic E-state index is 11.7. The third kappa shape index (κ3) is 2.69. The largest absolute Gasteiger partial charge is 0.494 e. The zero-order valence-electron chi connectivity index (χ0n) is 8.93. The highest BCUT2D eigenvalue weighted by atomic mass is 16.5. The molecular weight excluding hydrogens is 212 g/mol. The topological polar surface area (TPSA) is 88.5 Å². The summed E-state index contributed by atoms with van der Waals surface area (Å²) in [6, 6.07) is 0.508. The van der Waals surface area contributed by atoms with Crippen LogP contribution in [0.4, 0.5) is 0 Å². The minimum absolute atomic E-state index is 0.255. The molecule has 1 aromatic rings. The Kier molecular flexibility index (Phi) is 3.82. The molecule has 0 fully saturated rings. The Balaban J connectivity index is 2.84. The van der Waals surface area contributed by atoms with E-state index in [1.54, 1.807) is 0 Å². The van der Waals surface area contributed by atoms with Gasteiger partial charge in [-0.25, -0.2) is 0 Å². The molecule has 0 saturated carbocycles. The Hall–Kier alpha value is -2.11. The molecule has 0 bridgehead atoms. The number of carbonyl (C=O) groups excluding carboxylic acids is 1. The molecule has 0 aliphatic heterocycles. The summed E-state index contributed by atoms with van der Waals surface area (Å²) in [7, 11) is 1.41. The van der Waals surface area contributed by atoms with Crippen LogP contribution in [0, 0.1) is 0 Å². The van der Waals surface area contributed by atoms with Crippen LogP contribution in [-0.2, 0) is 4.79 Å². The number of pyridine rings is 1. The average Bonchev–Trinajstić information content (AvgIpc) is 2.28. The van der Waals surface area contributed by atoms with Crippen molar-refractivity contribution in [2.75, 3.05) is 7.11 Å². The number of nitrogens with zero attached hydrogens (tertiary/aromatic N) is 1. The van der Waals surface area contributed by atoms with E-state index < -0.39 is 17.9 Å². The fourth-order valence-electron chi connectivity index (χ4n) is 1.07. The molecule has 1 heterocycles. The molecule has 0 radical (unpaired) electrons. The van der Waals surface area contributed by atoms with Crippen LogP contribution in [0.25, 0.3) is 0 Å². The lowest BCUT2D eigenvalue weighted by Crippen LogP contribution is -2.38. The van der Waals surface area contributed by atoms with Gasteiger partial charge in [0.25, 0.3) is 5.91 Å². The van der Waals surface area contributed by atoms with Crippen molar-refractivity contribution in [3.05, 3.63) is 24.0 Å². The molecule has 6 heteroatoms. The second-order valence-electron chi connectivity index (χ2n) is 3.11. The van der Waals surface area contributed by atoms with Crippen molar-refractivity contribution in [1.29, 1.82) is 0 Å². The minimum atomic E-state index is -1.10. The van der Waals surface area contributed by atoms with Crippen LogP contribution in [0.3, 0.4) is 0 Å². The van der Waals surface area contributed by atoms with Crippen molar-refractivity contribution in [3.63, 3.8) is 0 Å². The zero-order valence-corrected chi connectivity index (χ0v) is 8.93. The molecule has 0 saturated heterocycles. The lowest BCUT2D eigenvalue weighted by molar-refractivity contribution is -0.138. The van der Waals surface area contributed by atoms with Gasteiger partial charge in [0.2, 0.25) is 0 Å². The van der Waals surface area contributed by atoms with E-state index in [1.165, 1.54) is 32.5 Å². The van der Waals surface area contributed by atoms with Crippen molar-refractivity contribution < 1.29 is 19.4 Å². The first-order valence-corrected chi connectivity index (χ1v) is 4.58. The van der Waals surface area contributed by atoms with Crippen LogP contribution in [0.1, 0.15) is 17.3 Å². The van der Waals surface area contributed by atoms with Crippen LogP contribution >= 0.6 is 0 Å². The number of aromatic nitrogens is 1. The van der Waals surface area contributed by atoms with Crippen LogP contribution in [-0.4, -0.2) is 35.1 Å². The van der Waals surface area contributed by atoms with Crippen molar-refractivity contribution in [1.82, 2.24) is 10.3 Å². The van der Waals surface area contributed by atoms with Gasteiger partial charge >= 0.3 is 5.97 Å². The standard InChI is InChI=1S/C10H12N2O4/c1-6(10(14)15)12-9(13)7-3-4-11-5-8(7)16-2/h3-6H,1-2H3,(H,12,13)(H,14,15). The Morgan fingerprint density at radius 2 is 2.25 bits per heavy atom. The molecule has 0 aliphatic rings. The maximum Gasteiger partial charge on any atom is 0.325 e. The van der Waals surface area contributed by atoms with Gasteiger partial charge in [-0.2, -0.15) is 0 Å². The smallest absolute Gasteiger partial charge is 0.325 e. The number of carboxylic acids is 1. The van der Waals surface area contributed by atoms with Gasteiger partial charge in [0.05, 0.1) is 18.9 Å². The highest BCUT2D eigenvalue weighted by Gasteiger charge is 2.17. The monoisotopic (exact) mass is 224 g/mol. The molecule has 0 spiro atoms. The van der Waals surface area contributed by atoms with E-state index >= 15 is 0 Å². The molecule has 1 atom stereocenters. The molecule has 2 N–H and O–H groups in total. The lowest BCUT2D eigenvalue weighted by Gasteiger charge is -2.11. The van der Waals surface area contributed by atoms with Crippen molar-refractivity contribution >= 4 is 11.9 Å². The van der Waals surface area contributed by atoms with E-state index in [0.717, 1.165) is 0 Å². The number of carbonyl (C=O) groups is 2. The first-order valence-electron chi connectivity index (χ1n) is 4.58. The number of hydrogen-bond acceptors (Lipinski definition) is 4. The molecule has 6 nitrogen and oxygen atoms in total. The van der Waals surface area contributed by atoms with E-state index in [4.69, 9.17) is 9.84 Å². The third-order valence-electron chi connectivity index (χ3n) is 1.97. The van der Waals surface area contributed by atoms with Gasteiger partial charge in [0.1, 0.15) is 11.8 Å². The highest BCUT2D eigenvalue weighted by molar-refractivity contribution is 5.98. The molecule has 86 valence electrons. The predicted molar refractivity (Wildman–Crippen MR) is 55.4 cm³/mol.